The summed E-state index contributed by atoms with van der Waals surface area (Å²) < 4.78 is 82.9. The number of halogens is 4. The van der Waals surface area contributed by atoms with Gasteiger partial charge in [-0.25, -0.2) is 12.8 Å². The van der Waals surface area contributed by atoms with Gasteiger partial charge in [0.05, 0.1) is 17.5 Å². The number of carbonyl (C=O) groups is 1. The fourth-order valence-electron chi connectivity index (χ4n) is 3.93. The van der Waals surface area contributed by atoms with E-state index >= 15 is 0 Å². The van der Waals surface area contributed by atoms with Crippen molar-refractivity contribution in [2.45, 2.75) is 48.5 Å². The summed E-state index contributed by atoms with van der Waals surface area (Å²) in [6.45, 7) is 2.79. The number of hydrogen-bond acceptors (Lipinski definition) is 5. The van der Waals surface area contributed by atoms with Crippen LogP contribution in [-0.4, -0.2) is 41.5 Å². The molecule has 2 heterocycles. The molecule has 0 spiro atoms. The van der Waals surface area contributed by atoms with Crippen LogP contribution in [0.15, 0.2) is 41.3 Å². The molecule has 0 fully saturated rings. The Bertz CT molecular complexity index is 1190. The van der Waals surface area contributed by atoms with E-state index in [4.69, 9.17) is 4.74 Å². The number of aliphatic hydroxyl groups is 1. The van der Waals surface area contributed by atoms with E-state index in [1.165, 1.54) is 32.0 Å². The van der Waals surface area contributed by atoms with Crippen LogP contribution in [0.3, 0.4) is 0 Å². The fourth-order valence-corrected chi connectivity index (χ4v) is 4.72. The topological polar surface area (TPSA) is 83.9 Å². The molecule has 1 N–H and O–H groups in total. The molecule has 2 aliphatic rings. The zero-order chi connectivity index (χ0) is 22.9. The van der Waals surface area contributed by atoms with Gasteiger partial charge in [-0.05, 0) is 44.2 Å². The molecule has 0 saturated heterocycles. The third-order valence-corrected chi connectivity index (χ3v) is 7.06. The van der Waals surface area contributed by atoms with Crippen molar-refractivity contribution < 1.29 is 40.6 Å². The molecule has 0 saturated carbocycles. The Morgan fingerprint density at radius 1 is 1.19 bits per heavy atom. The fraction of sp³-hybridized carbons (Fsp3) is 0.350. The van der Waals surface area contributed by atoms with Crippen molar-refractivity contribution in [2.24, 2.45) is 0 Å². The molecular weight excluding hydrogens is 442 g/mol. The Balaban J connectivity index is 1.87. The molecule has 166 valence electrons. The number of fused-ring (bicyclic) bond motifs is 2. The summed E-state index contributed by atoms with van der Waals surface area (Å²) in [5.74, 6) is -1.25. The molecule has 0 aliphatic carbocycles. The summed E-state index contributed by atoms with van der Waals surface area (Å²) in [6, 6.07) is 5.22. The Kier molecular flexibility index (Phi) is 4.64. The van der Waals surface area contributed by atoms with Gasteiger partial charge in [0.25, 0.3) is 15.7 Å². The summed E-state index contributed by atoms with van der Waals surface area (Å²) in [6.07, 6.45) is -1.44. The Morgan fingerprint density at radius 2 is 1.87 bits per heavy atom. The molecule has 4 rings (SSSR count). The molecule has 0 bridgehead atoms. The summed E-state index contributed by atoms with van der Waals surface area (Å²) in [5.41, 5.74) is -6.76. The zero-order valence-electron chi connectivity index (χ0n) is 16.3. The van der Waals surface area contributed by atoms with Crippen LogP contribution < -0.4 is 4.74 Å². The van der Waals surface area contributed by atoms with Gasteiger partial charge in [-0.15, -0.1) is 0 Å². The maximum absolute atomic E-state index is 14.2. The highest BCUT2D eigenvalue weighted by atomic mass is 32.2. The number of hydrogen-bond donors (Lipinski definition) is 1. The van der Waals surface area contributed by atoms with Crippen molar-refractivity contribution in [1.29, 1.82) is 0 Å². The predicted molar refractivity (Wildman–Crippen MR) is 99.4 cm³/mol. The van der Waals surface area contributed by atoms with Crippen LogP contribution in [0, 0.1) is 5.82 Å². The van der Waals surface area contributed by atoms with Gasteiger partial charge in [-0.1, -0.05) is 6.07 Å². The van der Waals surface area contributed by atoms with E-state index in [9.17, 15) is 35.9 Å². The van der Waals surface area contributed by atoms with E-state index in [0.717, 1.165) is 23.1 Å². The molecule has 0 aromatic heterocycles. The van der Waals surface area contributed by atoms with Crippen molar-refractivity contribution in [1.82, 2.24) is 4.90 Å². The van der Waals surface area contributed by atoms with Gasteiger partial charge >= 0.3 is 5.51 Å². The Morgan fingerprint density at radius 3 is 2.48 bits per heavy atom. The maximum Gasteiger partial charge on any atom is 0.501 e. The van der Waals surface area contributed by atoms with Crippen molar-refractivity contribution in [3.8, 4) is 5.75 Å². The first-order valence-corrected chi connectivity index (χ1v) is 10.6. The molecule has 0 radical (unpaired) electrons. The molecule has 31 heavy (non-hydrogen) atoms. The lowest BCUT2D eigenvalue weighted by atomic mass is 9.85. The minimum absolute atomic E-state index is 0.0191. The predicted octanol–water partition coefficient (Wildman–Crippen LogP) is 3.35. The van der Waals surface area contributed by atoms with Gasteiger partial charge in [0.2, 0.25) is 0 Å². The normalized spacial score (nSPS) is 22.7. The van der Waals surface area contributed by atoms with Crippen molar-refractivity contribution >= 4 is 15.7 Å². The zero-order valence-corrected chi connectivity index (χ0v) is 17.1. The third-order valence-electron chi connectivity index (χ3n) is 5.57. The number of rotatable bonds is 2. The van der Waals surface area contributed by atoms with Crippen LogP contribution in [-0.2, 0) is 16.4 Å². The largest absolute Gasteiger partial charge is 0.501 e. The summed E-state index contributed by atoms with van der Waals surface area (Å²) in [4.78, 5) is 13.0. The van der Waals surface area contributed by atoms with Crippen molar-refractivity contribution in [2.75, 3.05) is 0 Å². The number of nitrogens with zero attached hydrogens (tertiary/aromatic N) is 1. The van der Waals surface area contributed by atoms with Crippen LogP contribution >= 0.6 is 0 Å². The first-order chi connectivity index (χ1) is 14.3. The number of sulfone groups is 1. The number of amides is 1. The second-order valence-electron chi connectivity index (χ2n) is 7.94. The van der Waals surface area contributed by atoms with E-state index < -0.39 is 49.7 Å². The molecule has 2 atom stereocenters. The first-order valence-electron chi connectivity index (χ1n) is 9.16. The van der Waals surface area contributed by atoms with Gasteiger partial charge < -0.3 is 14.7 Å². The van der Waals surface area contributed by atoms with Crippen LogP contribution in [0.25, 0.3) is 0 Å². The van der Waals surface area contributed by atoms with Gasteiger partial charge in [-0.3, -0.25) is 4.79 Å². The van der Waals surface area contributed by atoms with Crippen molar-refractivity contribution in [3.63, 3.8) is 0 Å². The minimum Gasteiger partial charge on any atom is -0.485 e. The lowest BCUT2D eigenvalue weighted by molar-refractivity contribution is -0.0870. The molecule has 11 heteroatoms. The van der Waals surface area contributed by atoms with Crippen LogP contribution in [0.5, 0.6) is 5.75 Å². The third kappa shape index (κ3) is 3.18. The molecule has 0 unspecified atom stereocenters. The monoisotopic (exact) mass is 459 g/mol. The SMILES string of the molecule is CC1(C)Oc2ccc(S(=O)(=O)C(F)(F)F)cc2[C@H](N2Cc3c(F)cccc3C2=O)[C@H]1O. The molecule has 2 aliphatic heterocycles. The smallest absolute Gasteiger partial charge is 0.485 e. The number of benzene rings is 2. The second kappa shape index (κ2) is 6.67. The summed E-state index contributed by atoms with van der Waals surface area (Å²) in [7, 11) is -5.68. The highest BCUT2D eigenvalue weighted by Crippen LogP contribution is 2.47. The first kappa shape index (κ1) is 21.6. The molecule has 2 aromatic rings. The molecule has 1 amide bonds. The average Bonchev–Trinajstić information content (AvgIpc) is 2.99. The van der Waals surface area contributed by atoms with E-state index in [0.29, 0.717) is 0 Å². The number of ether oxygens (including phenoxy) is 1. The highest BCUT2D eigenvalue weighted by Gasteiger charge is 2.51. The lowest BCUT2D eigenvalue weighted by Crippen LogP contribution is -2.53. The minimum atomic E-state index is -5.68. The number of aliphatic hydroxyl groups excluding tert-OH is 1. The Labute approximate surface area is 175 Å². The lowest BCUT2D eigenvalue weighted by Gasteiger charge is -2.45. The van der Waals surface area contributed by atoms with Gasteiger partial charge in [0, 0.05) is 16.7 Å². The summed E-state index contributed by atoms with van der Waals surface area (Å²) in [5, 5.41) is 10.9. The number of carbonyl (C=O) groups excluding carboxylic acids is 1. The van der Waals surface area contributed by atoms with Gasteiger partial charge in [0.15, 0.2) is 0 Å². The van der Waals surface area contributed by atoms with E-state index in [1.807, 2.05) is 0 Å². The van der Waals surface area contributed by atoms with Crippen LogP contribution in [0.2, 0.25) is 0 Å². The standard InChI is InChI=1S/C20H17F4NO5S/c1-19(2)17(26)16(25-9-13-11(18(25)27)4-3-5-14(13)21)12-8-10(6-7-15(12)30-19)31(28,29)20(22,23)24/h3-8,16-17,26H,9H2,1-2H3/t16-,17+/m0/s1. The van der Waals surface area contributed by atoms with Crippen molar-refractivity contribution in [3.05, 3.63) is 58.9 Å². The second-order valence-corrected chi connectivity index (χ2v) is 9.88. The van der Waals surface area contributed by atoms with E-state index in [2.05, 4.69) is 0 Å². The Hall–Kier alpha value is -2.66. The molecule has 6 nitrogen and oxygen atoms in total. The van der Waals surface area contributed by atoms with E-state index in [1.54, 1.807) is 0 Å². The highest BCUT2D eigenvalue weighted by molar-refractivity contribution is 7.92. The van der Waals surface area contributed by atoms with Gasteiger partial charge in [-0.2, -0.15) is 13.2 Å². The van der Waals surface area contributed by atoms with Gasteiger partial charge in [0.1, 0.15) is 23.3 Å². The van der Waals surface area contributed by atoms with Crippen LogP contribution in [0.1, 0.15) is 41.4 Å². The maximum atomic E-state index is 14.2. The number of alkyl halides is 3. The average molecular weight is 459 g/mol. The van der Waals surface area contributed by atoms with E-state index in [-0.39, 0.29) is 29.0 Å². The quantitative estimate of drug-likeness (QED) is 0.697. The molecular formula is C20H17F4NO5S. The molecule has 2 aromatic carbocycles. The van der Waals surface area contributed by atoms with Crippen LogP contribution in [0.4, 0.5) is 17.6 Å². The summed E-state index contributed by atoms with van der Waals surface area (Å²) >= 11 is 0.